The predicted molar refractivity (Wildman–Crippen MR) is 71.9 cm³/mol. The van der Waals surface area contributed by atoms with Crippen molar-refractivity contribution >= 4 is 41.1 Å². The molecule has 1 aliphatic rings. The second-order valence-corrected chi connectivity index (χ2v) is 5.35. The molecule has 21 heavy (non-hydrogen) atoms. The summed E-state index contributed by atoms with van der Waals surface area (Å²) in [5.41, 5.74) is -0.997. The van der Waals surface area contributed by atoms with E-state index in [1.807, 2.05) is 0 Å². The zero-order valence-corrected chi connectivity index (χ0v) is 13.2. The van der Waals surface area contributed by atoms with Gasteiger partial charge in [0.15, 0.2) is 17.8 Å². The van der Waals surface area contributed by atoms with E-state index in [1.165, 1.54) is 20.8 Å². The van der Waals surface area contributed by atoms with Gasteiger partial charge in [0.1, 0.15) is 18.1 Å². The van der Waals surface area contributed by atoms with Crippen molar-refractivity contribution in [1.29, 1.82) is 0 Å². The smallest absolute Gasteiger partial charge is 0.303 e. The van der Waals surface area contributed by atoms with Crippen LogP contribution in [0.5, 0.6) is 0 Å². The van der Waals surface area contributed by atoms with Crippen LogP contribution in [0.1, 0.15) is 20.8 Å². The molecule has 1 unspecified atom stereocenters. The van der Waals surface area contributed by atoms with Crippen molar-refractivity contribution in [1.82, 2.24) is 0 Å². The number of rotatable bonds is 4. The Labute approximate surface area is 131 Å². The predicted octanol–water partition coefficient (Wildman–Crippen LogP) is 0.984. The van der Waals surface area contributed by atoms with Gasteiger partial charge in [0.2, 0.25) is 0 Å². The number of hydrogen-bond acceptors (Lipinski definition) is 7. The molecule has 1 rings (SSSR count). The number of hydrogen-bond donors (Lipinski definition) is 0. The first kappa shape index (κ1) is 18.0. The van der Waals surface area contributed by atoms with Gasteiger partial charge in [0, 0.05) is 20.8 Å². The highest BCUT2D eigenvalue weighted by Crippen LogP contribution is 2.31. The molecule has 1 aliphatic heterocycles. The van der Waals surface area contributed by atoms with E-state index in [1.54, 1.807) is 0 Å². The molecular weight excluding hydrogens is 327 g/mol. The van der Waals surface area contributed by atoms with Crippen molar-refractivity contribution in [2.45, 2.75) is 50.0 Å². The van der Waals surface area contributed by atoms with Gasteiger partial charge < -0.3 is 18.9 Å². The van der Waals surface area contributed by atoms with E-state index in [0.29, 0.717) is 0 Å². The summed E-state index contributed by atoms with van der Waals surface area (Å²) in [5.74, 6) is -1.77. The summed E-state index contributed by atoms with van der Waals surface area (Å²) in [6, 6.07) is 0. The van der Waals surface area contributed by atoms with Crippen LogP contribution < -0.4 is 0 Å². The lowest BCUT2D eigenvalue weighted by molar-refractivity contribution is -0.204. The number of alkyl halides is 2. The van der Waals surface area contributed by atoms with Crippen LogP contribution in [-0.4, -0.2) is 53.8 Å². The van der Waals surface area contributed by atoms with E-state index in [4.69, 9.17) is 42.1 Å². The fourth-order valence-electron chi connectivity index (χ4n) is 1.85. The summed E-state index contributed by atoms with van der Waals surface area (Å²) in [6.45, 7) is 3.38. The first-order chi connectivity index (χ1) is 9.72. The van der Waals surface area contributed by atoms with Crippen LogP contribution in [0, 0.1) is 0 Å². The molecule has 9 heteroatoms. The lowest BCUT2D eigenvalue weighted by atomic mass is 10.0. The summed E-state index contributed by atoms with van der Waals surface area (Å²) in [4.78, 5) is 33.3. The fourth-order valence-corrected chi connectivity index (χ4v) is 2.38. The van der Waals surface area contributed by atoms with E-state index < -0.39 is 47.2 Å². The molecule has 0 aliphatic carbocycles. The second-order valence-electron chi connectivity index (χ2n) is 4.42. The van der Waals surface area contributed by atoms with Gasteiger partial charge in [-0.25, -0.2) is 0 Å². The molecule has 1 fully saturated rings. The van der Waals surface area contributed by atoms with Crippen molar-refractivity contribution in [2.75, 3.05) is 6.61 Å². The highest BCUT2D eigenvalue weighted by Gasteiger charge is 2.49. The van der Waals surface area contributed by atoms with E-state index >= 15 is 0 Å². The molecule has 0 saturated carbocycles. The van der Waals surface area contributed by atoms with Crippen LogP contribution in [-0.2, 0) is 33.3 Å². The lowest BCUT2D eigenvalue weighted by Crippen LogP contribution is -2.58. The van der Waals surface area contributed by atoms with Crippen molar-refractivity contribution in [2.24, 2.45) is 0 Å². The largest absolute Gasteiger partial charge is 0.463 e. The minimum absolute atomic E-state index is 0.210. The first-order valence-corrected chi connectivity index (χ1v) is 7.01. The molecule has 1 saturated heterocycles. The SMILES string of the molecule is CC(=O)OC[C@H]1OC(Cl)[C@H](Cl)[C@@H](OC(C)=O)[C@@H]1OC(C)=O. The second kappa shape index (κ2) is 7.82. The normalized spacial score (nSPS) is 32.1. The Morgan fingerprint density at radius 1 is 0.952 bits per heavy atom. The minimum Gasteiger partial charge on any atom is -0.463 e. The van der Waals surface area contributed by atoms with Gasteiger partial charge in [-0.3, -0.25) is 14.4 Å². The third-order valence-corrected chi connectivity index (χ3v) is 3.59. The number of ether oxygens (including phenoxy) is 4. The van der Waals surface area contributed by atoms with Gasteiger partial charge in [0.05, 0.1) is 0 Å². The zero-order chi connectivity index (χ0) is 16.2. The number of carbonyl (C=O) groups is 3. The highest BCUT2D eigenvalue weighted by molar-refractivity contribution is 6.29. The first-order valence-electron chi connectivity index (χ1n) is 6.13. The maximum atomic E-state index is 11.2. The maximum Gasteiger partial charge on any atom is 0.303 e. The summed E-state index contributed by atoms with van der Waals surface area (Å²) >= 11 is 12.0. The molecule has 7 nitrogen and oxygen atoms in total. The third-order valence-electron chi connectivity index (χ3n) is 2.61. The average molecular weight is 343 g/mol. The van der Waals surface area contributed by atoms with Gasteiger partial charge in [0.25, 0.3) is 0 Å². The topological polar surface area (TPSA) is 88.1 Å². The van der Waals surface area contributed by atoms with Crippen LogP contribution in [0.25, 0.3) is 0 Å². The van der Waals surface area contributed by atoms with E-state index in [-0.39, 0.29) is 6.61 Å². The molecule has 0 amide bonds. The van der Waals surface area contributed by atoms with Gasteiger partial charge in [-0.1, -0.05) is 11.6 Å². The van der Waals surface area contributed by atoms with Gasteiger partial charge in [-0.15, -0.1) is 11.6 Å². The Morgan fingerprint density at radius 3 is 1.95 bits per heavy atom. The Balaban J connectivity index is 2.94. The average Bonchev–Trinajstić information content (AvgIpc) is 2.35. The van der Waals surface area contributed by atoms with E-state index in [0.717, 1.165) is 0 Å². The zero-order valence-electron chi connectivity index (χ0n) is 11.7. The standard InChI is InChI=1S/C12H16Cl2O7/c1-5(15)18-4-8-10(19-6(2)16)11(20-7(3)17)9(13)12(14)21-8/h8-12H,4H2,1-3H3/t8-,9-,10-,11-,12?/m1/s1. The van der Waals surface area contributed by atoms with Crippen LogP contribution in [0.15, 0.2) is 0 Å². The van der Waals surface area contributed by atoms with Crippen molar-refractivity contribution in [3.05, 3.63) is 0 Å². The Kier molecular flexibility index (Phi) is 6.70. The number of carbonyl (C=O) groups excluding carboxylic acids is 3. The Hall–Kier alpha value is -1.05. The molecule has 0 spiro atoms. The molecule has 5 atom stereocenters. The van der Waals surface area contributed by atoms with E-state index in [2.05, 4.69) is 0 Å². The number of esters is 3. The Morgan fingerprint density at radius 2 is 1.48 bits per heavy atom. The fraction of sp³-hybridized carbons (Fsp3) is 0.750. The van der Waals surface area contributed by atoms with Gasteiger partial charge in [-0.05, 0) is 0 Å². The molecule has 0 aromatic heterocycles. The molecule has 0 radical (unpaired) electrons. The quantitative estimate of drug-likeness (QED) is 0.427. The molecule has 120 valence electrons. The van der Waals surface area contributed by atoms with Gasteiger partial charge >= 0.3 is 17.9 Å². The van der Waals surface area contributed by atoms with Crippen LogP contribution in [0.2, 0.25) is 0 Å². The summed E-state index contributed by atoms with van der Waals surface area (Å²) in [7, 11) is 0. The van der Waals surface area contributed by atoms with Crippen molar-refractivity contribution < 1.29 is 33.3 Å². The molecule has 0 aromatic carbocycles. The highest BCUT2D eigenvalue weighted by atomic mass is 35.5. The number of halogens is 2. The maximum absolute atomic E-state index is 11.2. The third kappa shape index (κ3) is 5.33. The monoisotopic (exact) mass is 342 g/mol. The molecular formula is C12H16Cl2O7. The lowest BCUT2D eigenvalue weighted by Gasteiger charge is -2.41. The summed E-state index contributed by atoms with van der Waals surface area (Å²) in [5, 5.41) is -0.923. The van der Waals surface area contributed by atoms with Crippen LogP contribution in [0.3, 0.4) is 0 Å². The van der Waals surface area contributed by atoms with Crippen molar-refractivity contribution in [3.63, 3.8) is 0 Å². The molecule has 0 bridgehead atoms. The van der Waals surface area contributed by atoms with Crippen molar-refractivity contribution in [3.8, 4) is 0 Å². The van der Waals surface area contributed by atoms with Gasteiger partial charge in [-0.2, -0.15) is 0 Å². The minimum atomic E-state index is -1.02. The molecule has 0 N–H and O–H groups in total. The van der Waals surface area contributed by atoms with Crippen LogP contribution >= 0.6 is 23.2 Å². The summed E-state index contributed by atoms with van der Waals surface area (Å²) in [6.07, 6.45) is -2.92. The molecule has 0 aromatic rings. The van der Waals surface area contributed by atoms with Crippen LogP contribution in [0.4, 0.5) is 0 Å². The summed E-state index contributed by atoms with van der Waals surface area (Å²) < 4.78 is 20.4. The molecule has 1 heterocycles. The Bertz CT molecular complexity index is 414. The van der Waals surface area contributed by atoms with E-state index in [9.17, 15) is 14.4 Å².